The average Bonchev–Trinajstić information content (AvgIpc) is 2.48. The lowest BCUT2D eigenvalue weighted by atomic mass is 9.91. The SMILES string of the molecule is CCC(C)(C)C(=O)OCC(COCOCS)OCOCS. The Bertz CT molecular complexity index is 275. The van der Waals surface area contributed by atoms with Crippen molar-refractivity contribution in [2.24, 2.45) is 5.41 Å². The van der Waals surface area contributed by atoms with E-state index in [1.807, 2.05) is 20.8 Å². The van der Waals surface area contributed by atoms with Crippen LogP contribution in [0.15, 0.2) is 0 Å². The molecular formula is C13H26O6S2. The quantitative estimate of drug-likeness (QED) is 0.231. The molecule has 0 N–H and O–H groups in total. The van der Waals surface area contributed by atoms with Crippen LogP contribution in [0.2, 0.25) is 0 Å². The van der Waals surface area contributed by atoms with Gasteiger partial charge in [0.1, 0.15) is 26.3 Å². The number of ether oxygens (including phenoxy) is 5. The van der Waals surface area contributed by atoms with Crippen molar-refractivity contribution in [1.82, 2.24) is 0 Å². The number of hydrogen-bond acceptors (Lipinski definition) is 8. The Labute approximate surface area is 137 Å². The highest BCUT2D eigenvalue weighted by Crippen LogP contribution is 2.21. The maximum atomic E-state index is 11.9. The summed E-state index contributed by atoms with van der Waals surface area (Å²) in [6.45, 7) is 6.10. The molecule has 8 heteroatoms. The van der Waals surface area contributed by atoms with Crippen molar-refractivity contribution in [1.29, 1.82) is 0 Å². The Morgan fingerprint density at radius 3 is 2.24 bits per heavy atom. The van der Waals surface area contributed by atoms with Crippen molar-refractivity contribution in [2.75, 3.05) is 38.7 Å². The summed E-state index contributed by atoms with van der Waals surface area (Å²) in [5.41, 5.74) is -0.512. The van der Waals surface area contributed by atoms with E-state index in [1.165, 1.54) is 0 Å². The Balaban J connectivity index is 4.15. The smallest absolute Gasteiger partial charge is 0.311 e. The number of thiol groups is 2. The summed E-state index contributed by atoms with van der Waals surface area (Å²) in [5.74, 6) is 0.257. The molecule has 0 aromatic rings. The highest BCUT2D eigenvalue weighted by Gasteiger charge is 2.28. The third-order valence-corrected chi connectivity index (χ3v) is 3.24. The Morgan fingerprint density at radius 2 is 1.67 bits per heavy atom. The Morgan fingerprint density at radius 1 is 1.05 bits per heavy atom. The van der Waals surface area contributed by atoms with Crippen LogP contribution in [0.4, 0.5) is 0 Å². The molecule has 0 aromatic carbocycles. The zero-order valence-corrected chi connectivity index (χ0v) is 14.7. The molecule has 0 aliphatic rings. The summed E-state index contributed by atoms with van der Waals surface area (Å²) < 4.78 is 25.9. The molecule has 0 radical (unpaired) electrons. The predicted octanol–water partition coefficient (Wildman–Crippen LogP) is 2.09. The summed E-state index contributed by atoms with van der Waals surface area (Å²) in [7, 11) is 0. The van der Waals surface area contributed by atoms with Gasteiger partial charge in [-0.1, -0.05) is 6.92 Å². The van der Waals surface area contributed by atoms with Crippen molar-refractivity contribution in [2.45, 2.75) is 33.3 Å². The molecule has 0 saturated heterocycles. The van der Waals surface area contributed by atoms with E-state index in [2.05, 4.69) is 25.3 Å². The highest BCUT2D eigenvalue weighted by atomic mass is 32.1. The van der Waals surface area contributed by atoms with Crippen LogP contribution in [0.25, 0.3) is 0 Å². The van der Waals surface area contributed by atoms with Crippen LogP contribution >= 0.6 is 25.3 Å². The topological polar surface area (TPSA) is 63.2 Å². The Kier molecular flexibility index (Phi) is 12.5. The summed E-state index contributed by atoms with van der Waals surface area (Å²) in [4.78, 5) is 11.9. The molecule has 1 atom stereocenters. The normalized spacial score (nSPS) is 13.2. The molecule has 1 unspecified atom stereocenters. The average molecular weight is 342 g/mol. The zero-order valence-electron chi connectivity index (χ0n) is 12.9. The van der Waals surface area contributed by atoms with Gasteiger partial charge in [-0.2, -0.15) is 25.3 Å². The van der Waals surface area contributed by atoms with Crippen LogP contribution in [0.5, 0.6) is 0 Å². The summed E-state index contributed by atoms with van der Waals surface area (Å²) in [6.07, 6.45) is 0.275. The van der Waals surface area contributed by atoms with Crippen molar-refractivity contribution < 1.29 is 28.5 Å². The minimum atomic E-state index is -0.512. The van der Waals surface area contributed by atoms with E-state index in [0.717, 1.165) is 0 Å². The van der Waals surface area contributed by atoms with Gasteiger partial charge in [0.2, 0.25) is 0 Å². The monoisotopic (exact) mass is 342 g/mol. The van der Waals surface area contributed by atoms with Crippen LogP contribution < -0.4 is 0 Å². The molecule has 21 heavy (non-hydrogen) atoms. The molecule has 0 heterocycles. The van der Waals surface area contributed by atoms with Gasteiger partial charge < -0.3 is 23.7 Å². The minimum Gasteiger partial charge on any atom is -0.462 e. The van der Waals surface area contributed by atoms with Gasteiger partial charge >= 0.3 is 5.97 Å². The first-order valence-corrected chi connectivity index (χ1v) is 7.98. The number of rotatable bonds is 13. The van der Waals surface area contributed by atoms with Crippen molar-refractivity contribution in [3.8, 4) is 0 Å². The summed E-state index contributed by atoms with van der Waals surface area (Å²) >= 11 is 7.80. The van der Waals surface area contributed by atoms with Gasteiger partial charge in [0, 0.05) is 0 Å². The third kappa shape index (κ3) is 10.4. The van der Waals surface area contributed by atoms with E-state index in [4.69, 9.17) is 23.7 Å². The van der Waals surface area contributed by atoms with Crippen LogP contribution in [0.3, 0.4) is 0 Å². The fraction of sp³-hybridized carbons (Fsp3) is 0.923. The second kappa shape index (κ2) is 12.5. The predicted molar refractivity (Wildman–Crippen MR) is 85.5 cm³/mol. The fourth-order valence-electron chi connectivity index (χ4n) is 1.11. The van der Waals surface area contributed by atoms with E-state index < -0.39 is 11.5 Å². The molecule has 6 nitrogen and oxygen atoms in total. The van der Waals surface area contributed by atoms with Gasteiger partial charge in [-0.05, 0) is 20.3 Å². The first kappa shape index (κ1) is 21.0. The van der Waals surface area contributed by atoms with Gasteiger partial charge in [-0.25, -0.2) is 0 Å². The van der Waals surface area contributed by atoms with E-state index in [-0.39, 0.29) is 44.6 Å². The second-order valence-electron chi connectivity index (χ2n) is 4.90. The third-order valence-electron chi connectivity index (χ3n) is 2.88. The number of esters is 1. The first-order chi connectivity index (χ1) is 9.97. The molecule has 0 rings (SSSR count). The van der Waals surface area contributed by atoms with Gasteiger partial charge in [0.25, 0.3) is 0 Å². The molecular weight excluding hydrogens is 316 g/mol. The zero-order chi connectivity index (χ0) is 16.1. The van der Waals surface area contributed by atoms with Gasteiger partial charge in [0.05, 0.1) is 23.9 Å². The van der Waals surface area contributed by atoms with Gasteiger partial charge in [0.15, 0.2) is 0 Å². The highest BCUT2D eigenvalue weighted by molar-refractivity contribution is 7.80. The number of hydrogen-bond donors (Lipinski definition) is 2. The van der Waals surface area contributed by atoms with E-state index in [9.17, 15) is 4.79 Å². The lowest BCUT2D eigenvalue weighted by molar-refractivity contribution is -0.169. The molecule has 0 fully saturated rings. The Hall–Kier alpha value is 0.01000. The lowest BCUT2D eigenvalue weighted by Crippen LogP contribution is -2.33. The van der Waals surface area contributed by atoms with Crippen LogP contribution in [0, 0.1) is 5.41 Å². The fourth-order valence-corrected chi connectivity index (χ4v) is 1.26. The van der Waals surface area contributed by atoms with Crippen LogP contribution in [-0.4, -0.2) is 50.8 Å². The molecule has 0 aromatic heterocycles. The molecule has 0 saturated carbocycles. The molecule has 0 spiro atoms. The molecule has 0 amide bonds. The van der Waals surface area contributed by atoms with E-state index >= 15 is 0 Å². The van der Waals surface area contributed by atoms with E-state index in [1.54, 1.807) is 0 Å². The van der Waals surface area contributed by atoms with Gasteiger partial charge in [-0.3, -0.25) is 4.79 Å². The lowest BCUT2D eigenvalue weighted by Gasteiger charge is -2.23. The minimum absolute atomic E-state index is 0.0552. The maximum absolute atomic E-state index is 11.9. The number of carbonyl (C=O) groups is 1. The van der Waals surface area contributed by atoms with Crippen LogP contribution in [-0.2, 0) is 28.5 Å². The maximum Gasteiger partial charge on any atom is 0.311 e. The first-order valence-electron chi connectivity index (χ1n) is 6.71. The van der Waals surface area contributed by atoms with Gasteiger partial charge in [-0.15, -0.1) is 0 Å². The van der Waals surface area contributed by atoms with Crippen molar-refractivity contribution in [3.63, 3.8) is 0 Å². The van der Waals surface area contributed by atoms with Crippen LogP contribution in [0.1, 0.15) is 27.2 Å². The summed E-state index contributed by atoms with van der Waals surface area (Å²) in [5, 5.41) is 0. The molecule has 0 bridgehead atoms. The van der Waals surface area contributed by atoms with Crippen molar-refractivity contribution in [3.05, 3.63) is 0 Å². The molecule has 126 valence electrons. The second-order valence-corrected chi connectivity index (χ2v) is 5.41. The number of carbonyl (C=O) groups excluding carboxylic acids is 1. The largest absolute Gasteiger partial charge is 0.462 e. The molecule has 0 aliphatic carbocycles. The summed E-state index contributed by atoms with van der Waals surface area (Å²) in [6, 6.07) is 0. The standard InChI is InChI=1S/C13H26O6S2/c1-4-13(2,3)12(14)18-6-11(19-8-17-10-21)5-15-7-16-9-20/h11,20-21H,4-10H2,1-3H3. The van der Waals surface area contributed by atoms with E-state index in [0.29, 0.717) is 6.42 Å². The van der Waals surface area contributed by atoms with Crippen molar-refractivity contribution >= 4 is 31.2 Å². The molecule has 0 aliphatic heterocycles.